The Balaban J connectivity index is 2.41. The van der Waals surface area contributed by atoms with Gasteiger partial charge in [-0.25, -0.2) is 0 Å². The lowest BCUT2D eigenvalue weighted by molar-refractivity contribution is 0.104. The van der Waals surface area contributed by atoms with E-state index in [2.05, 4.69) is 22.9 Å². The van der Waals surface area contributed by atoms with E-state index in [1.54, 1.807) is 0 Å². The number of carbonyl (C=O) groups is 1. The SMILES string of the molecule is CCc1cc(Br)sc1C(=O)c1ccccc1. The second-order valence-electron chi connectivity index (χ2n) is 3.45. The summed E-state index contributed by atoms with van der Waals surface area (Å²) < 4.78 is 1.02. The summed E-state index contributed by atoms with van der Waals surface area (Å²) >= 11 is 4.94. The average molecular weight is 295 g/mol. The van der Waals surface area contributed by atoms with Crippen LogP contribution in [0.15, 0.2) is 40.2 Å². The lowest BCUT2D eigenvalue weighted by Gasteiger charge is -2.00. The number of carbonyl (C=O) groups excluding carboxylic acids is 1. The van der Waals surface area contributed by atoms with Crippen LogP contribution in [0.1, 0.15) is 27.7 Å². The number of ketones is 1. The maximum atomic E-state index is 12.2. The van der Waals surface area contributed by atoms with Gasteiger partial charge in [-0.05, 0) is 34.0 Å². The van der Waals surface area contributed by atoms with Crippen LogP contribution in [0.5, 0.6) is 0 Å². The van der Waals surface area contributed by atoms with E-state index < -0.39 is 0 Å². The number of hydrogen-bond acceptors (Lipinski definition) is 2. The number of thiophene rings is 1. The van der Waals surface area contributed by atoms with Gasteiger partial charge in [-0.1, -0.05) is 37.3 Å². The molecule has 2 aromatic rings. The molecule has 0 unspecified atom stereocenters. The quantitative estimate of drug-likeness (QED) is 0.771. The van der Waals surface area contributed by atoms with E-state index in [-0.39, 0.29) is 5.78 Å². The van der Waals surface area contributed by atoms with Crippen LogP contribution < -0.4 is 0 Å². The molecule has 0 spiro atoms. The van der Waals surface area contributed by atoms with Gasteiger partial charge in [-0.3, -0.25) is 4.79 Å². The van der Waals surface area contributed by atoms with Gasteiger partial charge >= 0.3 is 0 Å². The molecule has 0 saturated carbocycles. The maximum Gasteiger partial charge on any atom is 0.203 e. The highest BCUT2D eigenvalue weighted by Crippen LogP contribution is 2.29. The van der Waals surface area contributed by atoms with Crippen molar-refractivity contribution in [1.29, 1.82) is 0 Å². The summed E-state index contributed by atoms with van der Waals surface area (Å²) in [5.74, 6) is 0.119. The minimum absolute atomic E-state index is 0.119. The van der Waals surface area contributed by atoms with Crippen LogP contribution in [-0.2, 0) is 6.42 Å². The predicted molar refractivity (Wildman–Crippen MR) is 71.3 cm³/mol. The smallest absolute Gasteiger partial charge is 0.203 e. The van der Waals surface area contributed by atoms with E-state index in [0.717, 1.165) is 26.2 Å². The van der Waals surface area contributed by atoms with Crippen LogP contribution in [0.4, 0.5) is 0 Å². The molecule has 0 aliphatic heterocycles. The Morgan fingerprint density at radius 2 is 2.00 bits per heavy atom. The van der Waals surface area contributed by atoms with Crippen molar-refractivity contribution < 1.29 is 4.79 Å². The van der Waals surface area contributed by atoms with E-state index >= 15 is 0 Å². The Bertz CT molecular complexity index is 502. The van der Waals surface area contributed by atoms with Gasteiger partial charge in [0.1, 0.15) is 0 Å². The Hall–Kier alpha value is -0.930. The van der Waals surface area contributed by atoms with Gasteiger partial charge in [0.2, 0.25) is 5.78 Å². The molecule has 2 rings (SSSR count). The van der Waals surface area contributed by atoms with E-state index in [4.69, 9.17) is 0 Å². The first-order valence-corrected chi connectivity index (χ1v) is 6.71. The van der Waals surface area contributed by atoms with Crippen molar-refractivity contribution in [3.8, 4) is 0 Å². The molecule has 0 aliphatic carbocycles. The maximum absolute atomic E-state index is 12.2. The fourth-order valence-electron chi connectivity index (χ4n) is 1.57. The van der Waals surface area contributed by atoms with Crippen LogP contribution >= 0.6 is 27.3 Å². The monoisotopic (exact) mass is 294 g/mol. The fourth-order valence-corrected chi connectivity index (χ4v) is 3.27. The van der Waals surface area contributed by atoms with Crippen molar-refractivity contribution in [1.82, 2.24) is 0 Å². The zero-order chi connectivity index (χ0) is 11.5. The van der Waals surface area contributed by atoms with Crippen molar-refractivity contribution in [2.75, 3.05) is 0 Å². The molecule has 0 N–H and O–H groups in total. The number of hydrogen-bond donors (Lipinski definition) is 0. The highest BCUT2D eigenvalue weighted by Gasteiger charge is 2.15. The van der Waals surface area contributed by atoms with Crippen LogP contribution in [0.3, 0.4) is 0 Å². The zero-order valence-electron chi connectivity index (χ0n) is 8.87. The molecular formula is C13H11BrOS. The standard InChI is InChI=1S/C13H11BrOS/c1-2-9-8-11(14)16-13(9)12(15)10-6-4-3-5-7-10/h3-8H,2H2,1H3. The Labute approximate surface area is 107 Å². The molecule has 1 aromatic heterocycles. The van der Waals surface area contributed by atoms with Crippen molar-refractivity contribution in [2.24, 2.45) is 0 Å². The molecule has 0 amide bonds. The molecule has 1 nitrogen and oxygen atoms in total. The largest absolute Gasteiger partial charge is 0.288 e. The number of aryl methyl sites for hydroxylation is 1. The third-order valence-electron chi connectivity index (χ3n) is 2.40. The predicted octanol–water partition coefficient (Wildman–Crippen LogP) is 4.30. The molecule has 3 heteroatoms. The number of halogens is 1. The molecule has 0 saturated heterocycles. The summed E-state index contributed by atoms with van der Waals surface area (Å²) in [6.07, 6.45) is 0.885. The molecule has 16 heavy (non-hydrogen) atoms. The molecule has 0 aliphatic rings. The Morgan fingerprint density at radius 1 is 1.31 bits per heavy atom. The highest BCUT2D eigenvalue weighted by molar-refractivity contribution is 9.11. The molecule has 82 valence electrons. The summed E-state index contributed by atoms with van der Waals surface area (Å²) in [5.41, 5.74) is 1.87. The van der Waals surface area contributed by atoms with Crippen molar-refractivity contribution in [3.63, 3.8) is 0 Å². The first-order chi connectivity index (χ1) is 7.72. The average Bonchev–Trinajstić information content (AvgIpc) is 2.70. The Kier molecular flexibility index (Phi) is 3.56. The van der Waals surface area contributed by atoms with E-state index in [1.807, 2.05) is 36.4 Å². The molecule has 0 atom stereocenters. The number of rotatable bonds is 3. The van der Waals surface area contributed by atoms with E-state index in [9.17, 15) is 4.79 Å². The molecule has 1 aromatic carbocycles. The number of benzene rings is 1. The summed E-state index contributed by atoms with van der Waals surface area (Å²) in [7, 11) is 0. The highest BCUT2D eigenvalue weighted by atomic mass is 79.9. The second-order valence-corrected chi connectivity index (χ2v) is 5.89. The van der Waals surface area contributed by atoms with E-state index in [1.165, 1.54) is 11.3 Å². The van der Waals surface area contributed by atoms with Crippen LogP contribution in [-0.4, -0.2) is 5.78 Å². The van der Waals surface area contributed by atoms with E-state index in [0.29, 0.717) is 0 Å². The topological polar surface area (TPSA) is 17.1 Å². The lowest BCUT2D eigenvalue weighted by atomic mass is 10.1. The molecule has 0 fully saturated rings. The van der Waals surface area contributed by atoms with Gasteiger partial charge < -0.3 is 0 Å². The summed E-state index contributed by atoms with van der Waals surface area (Å²) in [6, 6.07) is 11.4. The molecular weight excluding hydrogens is 284 g/mol. The fraction of sp³-hybridized carbons (Fsp3) is 0.154. The van der Waals surface area contributed by atoms with Gasteiger partial charge in [0, 0.05) is 5.56 Å². The lowest BCUT2D eigenvalue weighted by Crippen LogP contribution is -2.00. The first kappa shape index (κ1) is 11.6. The van der Waals surface area contributed by atoms with Crippen molar-refractivity contribution in [3.05, 3.63) is 56.2 Å². The van der Waals surface area contributed by atoms with Gasteiger partial charge in [-0.15, -0.1) is 11.3 Å². The molecule has 0 radical (unpaired) electrons. The van der Waals surface area contributed by atoms with Gasteiger partial charge in [0.05, 0.1) is 8.66 Å². The Morgan fingerprint density at radius 3 is 2.62 bits per heavy atom. The summed E-state index contributed by atoms with van der Waals surface area (Å²) in [6.45, 7) is 2.07. The van der Waals surface area contributed by atoms with Crippen molar-refractivity contribution in [2.45, 2.75) is 13.3 Å². The third-order valence-corrected chi connectivity index (χ3v) is 4.08. The first-order valence-electron chi connectivity index (χ1n) is 5.10. The van der Waals surface area contributed by atoms with Crippen LogP contribution in [0.25, 0.3) is 0 Å². The van der Waals surface area contributed by atoms with Gasteiger partial charge in [-0.2, -0.15) is 0 Å². The molecule has 0 bridgehead atoms. The zero-order valence-corrected chi connectivity index (χ0v) is 11.3. The van der Waals surface area contributed by atoms with Crippen molar-refractivity contribution >= 4 is 33.0 Å². The van der Waals surface area contributed by atoms with Crippen LogP contribution in [0, 0.1) is 0 Å². The normalized spacial score (nSPS) is 10.4. The van der Waals surface area contributed by atoms with Crippen LogP contribution in [0.2, 0.25) is 0 Å². The van der Waals surface area contributed by atoms with Gasteiger partial charge in [0.15, 0.2) is 0 Å². The summed E-state index contributed by atoms with van der Waals surface area (Å²) in [5, 5.41) is 0. The third kappa shape index (κ3) is 2.25. The minimum Gasteiger partial charge on any atom is -0.288 e. The summed E-state index contributed by atoms with van der Waals surface area (Å²) in [4.78, 5) is 13.1. The van der Waals surface area contributed by atoms with Gasteiger partial charge in [0.25, 0.3) is 0 Å². The molecule has 1 heterocycles. The minimum atomic E-state index is 0.119. The second kappa shape index (κ2) is 4.93.